The van der Waals surface area contributed by atoms with Gasteiger partial charge in [0.25, 0.3) is 10.0 Å². The summed E-state index contributed by atoms with van der Waals surface area (Å²) >= 11 is 0. The molecule has 0 saturated heterocycles. The number of anilines is 3. The van der Waals surface area contributed by atoms with Crippen molar-refractivity contribution >= 4 is 33.0 Å². The molecular formula is C19H23N3O3S. The van der Waals surface area contributed by atoms with Gasteiger partial charge in [0.1, 0.15) is 0 Å². The molecule has 7 heteroatoms. The molecule has 3 rings (SSSR count). The molecule has 3 N–H and O–H groups in total. The molecule has 26 heavy (non-hydrogen) atoms. The standard InChI is InChI=1S/C19H23N3O3S/c1-2-3-4-11-20-15-5-7-16(8-6-15)22-26(24,25)17-9-10-18-14(12-17)13-19(23)21-18/h5-10,12,20,22H,2-4,11,13H2,1H3,(H,21,23). The predicted octanol–water partition coefficient (Wildman–Crippen LogP) is 3.58. The Labute approximate surface area is 154 Å². The summed E-state index contributed by atoms with van der Waals surface area (Å²) in [5, 5.41) is 6.01. The largest absolute Gasteiger partial charge is 0.385 e. The molecule has 0 aliphatic carbocycles. The lowest BCUT2D eigenvalue weighted by Crippen LogP contribution is -2.13. The summed E-state index contributed by atoms with van der Waals surface area (Å²) in [6.45, 7) is 3.07. The number of benzene rings is 2. The summed E-state index contributed by atoms with van der Waals surface area (Å²) in [4.78, 5) is 11.6. The van der Waals surface area contributed by atoms with Crippen LogP contribution in [0.3, 0.4) is 0 Å². The Morgan fingerprint density at radius 2 is 1.77 bits per heavy atom. The summed E-state index contributed by atoms with van der Waals surface area (Å²) in [6.07, 6.45) is 3.68. The minimum atomic E-state index is -3.70. The first-order chi connectivity index (χ1) is 12.5. The first-order valence-electron chi connectivity index (χ1n) is 8.77. The second kappa shape index (κ2) is 7.78. The number of hydrogen-bond acceptors (Lipinski definition) is 4. The maximum absolute atomic E-state index is 12.6. The van der Waals surface area contributed by atoms with Crippen LogP contribution < -0.4 is 15.4 Å². The summed E-state index contributed by atoms with van der Waals surface area (Å²) in [5.41, 5.74) is 2.84. The fraction of sp³-hybridized carbons (Fsp3) is 0.316. The highest BCUT2D eigenvalue weighted by Gasteiger charge is 2.21. The molecule has 138 valence electrons. The summed E-state index contributed by atoms with van der Waals surface area (Å²) in [7, 11) is -3.70. The number of sulfonamides is 1. The maximum Gasteiger partial charge on any atom is 0.261 e. The second-order valence-corrected chi connectivity index (χ2v) is 8.04. The van der Waals surface area contributed by atoms with E-state index in [0.717, 1.165) is 18.7 Å². The fourth-order valence-electron chi connectivity index (χ4n) is 2.85. The molecule has 0 radical (unpaired) electrons. The average molecular weight is 373 g/mol. The van der Waals surface area contributed by atoms with Gasteiger partial charge >= 0.3 is 0 Å². The Balaban J connectivity index is 1.66. The monoisotopic (exact) mass is 373 g/mol. The Kier molecular flexibility index (Phi) is 5.46. The first kappa shape index (κ1) is 18.3. The van der Waals surface area contributed by atoms with Crippen molar-refractivity contribution in [3.05, 3.63) is 48.0 Å². The zero-order chi connectivity index (χ0) is 18.6. The van der Waals surface area contributed by atoms with Crippen molar-refractivity contribution in [2.24, 2.45) is 0 Å². The smallest absolute Gasteiger partial charge is 0.261 e. The van der Waals surface area contributed by atoms with Crippen LogP contribution in [0.2, 0.25) is 0 Å². The Morgan fingerprint density at radius 3 is 2.50 bits per heavy atom. The zero-order valence-corrected chi connectivity index (χ0v) is 15.5. The lowest BCUT2D eigenvalue weighted by Gasteiger charge is -2.11. The number of rotatable bonds is 8. The van der Waals surface area contributed by atoms with E-state index in [0.29, 0.717) is 16.9 Å². The molecule has 1 amide bonds. The minimum absolute atomic E-state index is 0.121. The van der Waals surface area contributed by atoms with Crippen LogP contribution in [0, 0.1) is 0 Å². The highest BCUT2D eigenvalue weighted by atomic mass is 32.2. The van der Waals surface area contributed by atoms with E-state index >= 15 is 0 Å². The molecule has 0 atom stereocenters. The highest BCUT2D eigenvalue weighted by Crippen LogP contribution is 2.27. The van der Waals surface area contributed by atoms with Crippen molar-refractivity contribution in [3.63, 3.8) is 0 Å². The minimum Gasteiger partial charge on any atom is -0.385 e. The molecule has 1 heterocycles. The van der Waals surface area contributed by atoms with E-state index < -0.39 is 10.0 Å². The Bertz CT molecular complexity index is 893. The van der Waals surface area contributed by atoms with Crippen LogP contribution in [0.25, 0.3) is 0 Å². The van der Waals surface area contributed by atoms with Crippen molar-refractivity contribution in [2.45, 2.75) is 37.5 Å². The van der Waals surface area contributed by atoms with E-state index in [1.54, 1.807) is 24.3 Å². The van der Waals surface area contributed by atoms with Crippen molar-refractivity contribution in [1.82, 2.24) is 0 Å². The molecule has 1 aliphatic heterocycles. The van der Waals surface area contributed by atoms with E-state index in [-0.39, 0.29) is 17.2 Å². The van der Waals surface area contributed by atoms with Crippen LogP contribution in [0.5, 0.6) is 0 Å². The number of nitrogens with one attached hydrogen (secondary N) is 3. The van der Waals surface area contributed by atoms with Gasteiger partial charge < -0.3 is 10.6 Å². The molecule has 0 aromatic heterocycles. The highest BCUT2D eigenvalue weighted by molar-refractivity contribution is 7.92. The van der Waals surface area contributed by atoms with Gasteiger partial charge in [-0.1, -0.05) is 19.8 Å². The van der Waals surface area contributed by atoms with Gasteiger partial charge in [-0.2, -0.15) is 0 Å². The van der Waals surface area contributed by atoms with Gasteiger partial charge in [-0.3, -0.25) is 9.52 Å². The number of hydrogen-bond donors (Lipinski definition) is 3. The van der Waals surface area contributed by atoms with Gasteiger partial charge in [-0.25, -0.2) is 8.42 Å². The normalized spacial score (nSPS) is 13.2. The van der Waals surface area contributed by atoms with E-state index in [9.17, 15) is 13.2 Å². The molecule has 2 aromatic rings. The molecule has 0 spiro atoms. The van der Waals surface area contributed by atoms with E-state index in [4.69, 9.17) is 0 Å². The summed E-state index contributed by atoms with van der Waals surface area (Å²) in [5.74, 6) is -0.121. The van der Waals surface area contributed by atoms with Gasteiger partial charge in [-0.15, -0.1) is 0 Å². The number of amides is 1. The summed E-state index contributed by atoms with van der Waals surface area (Å²) < 4.78 is 27.7. The molecule has 1 aliphatic rings. The third-order valence-electron chi connectivity index (χ3n) is 4.26. The number of unbranched alkanes of at least 4 members (excludes halogenated alkanes) is 2. The molecule has 0 bridgehead atoms. The van der Waals surface area contributed by atoms with Crippen LogP contribution in [-0.4, -0.2) is 20.9 Å². The summed E-state index contributed by atoms with van der Waals surface area (Å²) in [6, 6.07) is 11.8. The van der Waals surface area contributed by atoms with E-state index in [2.05, 4.69) is 22.3 Å². The van der Waals surface area contributed by atoms with E-state index in [1.165, 1.54) is 18.9 Å². The first-order valence-corrected chi connectivity index (χ1v) is 10.3. The molecule has 6 nitrogen and oxygen atoms in total. The molecule has 2 aromatic carbocycles. The number of carbonyl (C=O) groups is 1. The predicted molar refractivity (Wildman–Crippen MR) is 104 cm³/mol. The zero-order valence-electron chi connectivity index (χ0n) is 14.7. The van der Waals surface area contributed by atoms with Gasteiger partial charge in [0.05, 0.1) is 11.3 Å². The SMILES string of the molecule is CCCCCNc1ccc(NS(=O)(=O)c2ccc3c(c2)CC(=O)N3)cc1. The Hall–Kier alpha value is -2.54. The fourth-order valence-corrected chi connectivity index (χ4v) is 3.96. The molecule has 0 saturated carbocycles. The third-order valence-corrected chi connectivity index (χ3v) is 5.64. The van der Waals surface area contributed by atoms with Gasteiger partial charge in [-0.05, 0) is 54.4 Å². The second-order valence-electron chi connectivity index (χ2n) is 6.36. The quantitative estimate of drug-likeness (QED) is 0.617. The Morgan fingerprint density at radius 1 is 1.04 bits per heavy atom. The number of fused-ring (bicyclic) bond motifs is 1. The van der Waals surface area contributed by atoms with Crippen molar-refractivity contribution < 1.29 is 13.2 Å². The van der Waals surface area contributed by atoms with Crippen LogP contribution in [-0.2, 0) is 21.2 Å². The molecular weight excluding hydrogens is 350 g/mol. The molecule has 0 fully saturated rings. The van der Waals surface area contributed by atoms with Gasteiger partial charge in [0, 0.05) is 23.6 Å². The molecule has 0 unspecified atom stereocenters. The van der Waals surface area contributed by atoms with Gasteiger partial charge in [0.15, 0.2) is 0 Å². The maximum atomic E-state index is 12.6. The van der Waals surface area contributed by atoms with Crippen molar-refractivity contribution in [3.8, 4) is 0 Å². The average Bonchev–Trinajstić information content (AvgIpc) is 2.99. The van der Waals surface area contributed by atoms with Crippen molar-refractivity contribution in [2.75, 3.05) is 21.9 Å². The van der Waals surface area contributed by atoms with Crippen molar-refractivity contribution in [1.29, 1.82) is 0 Å². The van der Waals surface area contributed by atoms with E-state index in [1.807, 2.05) is 12.1 Å². The van der Waals surface area contributed by atoms with Crippen LogP contribution in [0.1, 0.15) is 31.7 Å². The topological polar surface area (TPSA) is 87.3 Å². The van der Waals surface area contributed by atoms with Crippen LogP contribution >= 0.6 is 0 Å². The van der Waals surface area contributed by atoms with Crippen LogP contribution in [0.15, 0.2) is 47.4 Å². The number of carbonyl (C=O) groups excluding carboxylic acids is 1. The van der Waals surface area contributed by atoms with Crippen LogP contribution in [0.4, 0.5) is 17.1 Å². The lowest BCUT2D eigenvalue weighted by atomic mass is 10.2. The lowest BCUT2D eigenvalue weighted by molar-refractivity contribution is -0.115. The third kappa shape index (κ3) is 4.35. The van der Waals surface area contributed by atoms with Gasteiger partial charge in [0.2, 0.25) is 5.91 Å².